The van der Waals surface area contributed by atoms with Crippen molar-refractivity contribution in [3.63, 3.8) is 0 Å². The van der Waals surface area contributed by atoms with Crippen LogP contribution >= 0.6 is 0 Å². The minimum absolute atomic E-state index is 0.0309. The van der Waals surface area contributed by atoms with Crippen LogP contribution < -0.4 is 16.0 Å². The van der Waals surface area contributed by atoms with Gasteiger partial charge in [-0.15, -0.1) is 0 Å². The number of amides is 4. The number of carbonyl (C=O) groups is 4. The summed E-state index contributed by atoms with van der Waals surface area (Å²) in [4.78, 5) is 58.9. The summed E-state index contributed by atoms with van der Waals surface area (Å²) in [5.74, 6) is -0.0739. The molecule has 4 amide bonds. The number of carbonyl (C=O) groups excluding carboxylic acids is 4. The van der Waals surface area contributed by atoms with Gasteiger partial charge in [-0.05, 0) is 81.5 Å². The molecule has 2 fully saturated rings. The van der Waals surface area contributed by atoms with Crippen molar-refractivity contribution in [3.8, 4) is 0 Å². The highest BCUT2D eigenvalue weighted by Gasteiger charge is 2.26. The lowest BCUT2D eigenvalue weighted by Crippen LogP contribution is -2.42. The van der Waals surface area contributed by atoms with Crippen molar-refractivity contribution in [2.75, 3.05) is 36.8 Å². The van der Waals surface area contributed by atoms with E-state index in [-0.39, 0.29) is 30.2 Å². The third kappa shape index (κ3) is 7.68. The Balaban J connectivity index is 1.40. The molecule has 0 atom stereocenters. The predicted octanol–water partition coefficient (Wildman–Crippen LogP) is 4.42. The van der Waals surface area contributed by atoms with Crippen molar-refractivity contribution in [3.05, 3.63) is 71.6 Å². The zero-order valence-corrected chi connectivity index (χ0v) is 24.4. The molecule has 3 heterocycles. The Morgan fingerprint density at radius 2 is 1.72 bits per heavy atom. The fraction of sp³-hybridized carbons (Fsp3) is 0.344. The van der Waals surface area contributed by atoms with Gasteiger partial charge in [0.05, 0.1) is 0 Å². The molecule has 2 aromatic carbocycles. The van der Waals surface area contributed by atoms with Gasteiger partial charge in [0, 0.05) is 60.7 Å². The van der Waals surface area contributed by atoms with E-state index in [1.54, 1.807) is 35.2 Å². The number of nitrogens with one attached hydrogen (secondary N) is 3. The molecular weight excluding hydrogens is 548 g/mol. The van der Waals surface area contributed by atoms with E-state index in [4.69, 9.17) is 4.42 Å². The van der Waals surface area contributed by atoms with Gasteiger partial charge < -0.3 is 24.9 Å². The molecule has 11 heteroatoms. The summed E-state index contributed by atoms with van der Waals surface area (Å²) in [6.07, 6.45) is 5.53. The number of hydrogen-bond acceptors (Lipinski definition) is 6. The van der Waals surface area contributed by atoms with Gasteiger partial charge >= 0.3 is 0 Å². The first-order valence-electron chi connectivity index (χ1n) is 14.6. The lowest BCUT2D eigenvalue weighted by molar-refractivity contribution is -0.137. The van der Waals surface area contributed by atoms with E-state index in [0.717, 1.165) is 55.5 Å². The van der Waals surface area contributed by atoms with E-state index in [0.29, 0.717) is 35.5 Å². The standard InChI is InChI=1S/C32H36N6O5/c1-21-16-25-18-27(11-12-28(25)43-21)35-32(36-30(41)23-9-7-10-26(17-23)34-22(2)39)33-19-24-8-3-4-15-38(31(24)42)20-29(40)37-13-5-6-14-37/h7,9-12,16-19H,3-6,8,13-15,20H2,1-2H3,(H,34,39)(H2,33,35,36,41)/b24-19+. The molecule has 1 aromatic heterocycles. The number of guanidine groups is 1. The fourth-order valence-corrected chi connectivity index (χ4v) is 5.28. The van der Waals surface area contributed by atoms with Gasteiger partial charge in [0.1, 0.15) is 17.9 Å². The smallest absolute Gasteiger partial charge is 0.258 e. The Hall–Kier alpha value is -4.93. The topological polar surface area (TPSA) is 136 Å². The van der Waals surface area contributed by atoms with E-state index in [1.807, 2.05) is 30.0 Å². The number of benzene rings is 2. The average Bonchev–Trinajstić information content (AvgIpc) is 3.61. The van der Waals surface area contributed by atoms with Gasteiger partial charge in [0.2, 0.25) is 17.8 Å². The van der Waals surface area contributed by atoms with Gasteiger partial charge in [-0.3, -0.25) is 24.5 Å². The van der Waals surface area contributed by atoms with Crippen LogP contribution in [0.3, 0.4) is 0 Å². The fourth-order valence-electron chi connectivity index (χ4n) is 5.28. The van der Waals surface area contributed by atoms with Gasteiger partial charge in [0.15, 0.2) is 0 Å². The summed E-state index contributed by atoms with van der Waals surface area (Å²) in [7, 11) is 0. The lowest BCUT2D eigenvalue weighted by Gasteiger charge is -2.24. The summed E-state index contributed by atoms with van der Waals surface area (Å²) >= 11 is 0. The van der Waals surface area contributed by atoms with Crippen molar-refractivity contribution in [2.45, 2.75) is 46.0 Å². The predicted molar refractivity (Wildman–Crippen MR) is 165 cm³/mol. The molecule has 3 N–H and O–H groups in total. The minimum Gasteiger partial charge on any atom is -0.461 e. The largest absolute Gasteiger partial charge is 0.461 e. The number of furan rings is 1. The van der Waals surface area contributed by atoms with Crippen LogP contribution in [0.25, 0.3) is 11.0 Å². The third-order valence-electron chi connectivity index (χ3n) is 7.40. The number of fused-ring (bicyclic) bond motifs is 1. The minimum atomic E-state index is -0.456. The molecule has 43 heavy (non-hydrogen) atoms. The molecule has 5 rings (SSSR count). The summed E-state index contributed by atoms with van der Waals surface area (Å²) in [6, 6.07) is 14.0. The SMILES string of the molecule is CC(=O)Nc1cccc(C(=O)NC(=N/C=C2\CCCCN(CC(=O)N3CCCC3)C2=O)Nc2ccc3oc(C)cc3c2)c1. The van der Waals surface area contributed by atoms with Gasteiger partial charge in [-0.2, -0.15) is 0 Å². The van der Waals surface area contributed by atoms with Crippen LogP contribution in [0.1, 0.15) is 55.1 Å². The molecule has 0 aliphatic carbocycles. The summed E-state index contributed by atoms with van der Waals surface area (Å²) in [6.45, 7) is 5.30. The summed E-state index contributed by atoms with van der Waals surface area (Å²) < 4.78 is 5.67. The molecule has 0 spiro atoms. The van der Waals surface area contributed by atoms with Crippen molar-refractivity contribution < 1.29 is 23.6 Å². The number of hydrogen-bond donors (Lipinski definition) is 3. The molecule has 2 aliphatic rings. The van der Waals surface area contributed by atoms with Crippen molar-refractivity contribution >= 4 is 51.9 Å². The normalized spacial score (nSPS) is 16.8. The van der Waals surface area contributed by atoms with Crippen molar-refractivity contribution in [2.24, 2.45) is 4.99 Å². The summed E-state index contributed by atoms with van der Waals surface area (Å²) in [5.41, 5.74) is 2.65. The summed E-state index contributed by atoms with van der Waals surface area (Å²) in [5, 5.41) is 9.51. The van der Waals surface area contributed by atoms with Crippen molar-refractivity contribution in [1.29, 1.82) is 0 Å². The van der Waals surface area contributed by atoms with E-state index in [1.165, 1.54) is 13.1 Å². The molecule has 0 bridgehead atoms. The van der Waals surface area contributed by atoms with Crippen LogP contribution in [0.15, 0.2) is 69.7 Å². The first-order chi connectivity index (χ1) is 20.7. The zero-order valence-electron chi connectivity index (χ0n) is 24.4. The molecule has 11 nitrogen and oxygen atoms in total. The maximum atomic E-state index is 13.4. The van der Waals surface area contributed by atoms with Gasteiger partial charge in [-0.25, -0.2) is 4.99 Å². The van der Waals surface area contributed by atoms with E-state index in [2.05, 4.69) is 20.9 Å². The Bertz CT molecular complexity index is 1600. The molecular formula is C32H36N6O5. The average molecular weight is 585 g/mol. The van der Waals surface area contributed by atoms with Crippen LogP contribution in [0.2, 0.25) is 0 Å². The van der Waals surface area contributed by atoms with E-state index >= 15 is 0 Å². The second-order valence-electron chi connectivity index (χ2n) is 10.9. The number of aryl methyl sites for hydroxylation is 1. The monoisotopic (exact) mass is 584 g/mol. The number of nitrogens with zero attached hydrogens (tertiary/aromatic N) is 3. The first-order valence-corrected chi connectivity index (χ1v) is 14.6. The third-order valence-corrected chi connectivity index (χ3v) is 7.40. The Labute approximate surface area is 250 Å². The molecule has 2 aliphatic heterocycles. The highest BCUT2D eigenvalue weighted by atomic mass is 16.3. The van der Waals surface area contributed by atoms with Crippen LogP contribution in [0.5, 0.6) is 0 Å². The van der Waals surface area contributed by atoms with Crippen LogP contribution in [0, 0.1) is 6.92 Å². The highest BCUT2D eigenvalue weighted by Crippen LogP contribution is 2.23. The Morgan fingerprint density at radius 3 is 2.51 bits per heavy atom. The zero-order chi connectivity index (χ0) is 30.3. The quantitative estimate of drug-likeness (QED) is 0.223. The molecule has 2 saturated heterocycles. The maximum absolute atomic E-state index is 13.4. The maximum Gasteiger partial charge on any atom is 0.258 e. The Morgan fingerprint density at radius 1 is 0.953 bits per heavy atom. The van der Waals surface area contributed by atoms with Crippen LogP contribution in [-0.4, -0.2) is 65.6 Å². The molecule has 3 aromatic rings. The van der Waals surface area contributed by atoms with Crippen LogP contribution in [0.4, 0.5) is 11.4 Å². The second-order valence-corrected chi connectivity index (χ2v) is 10.9. The molecule has 0 unspecified atom stereocenters. The lowest BCUT2D eigenvalue weighted by atomic mass is 10.1. The van der Waals surface area contributed by atoms with Crippen LogP contribution in [-0.2, 0) is 14.4 Å². The van der Waals surface area contributed by atoms with Gasteiger partial charge in [-0.1, -0.05) is 6.07 Å². The van der Waals surface area contributed by atoms with Crippen molar-refractivity contribution in [1.82, 2.24) is 15.1 Å². The van der Waals surface area contributed by atoms with Gasteiger partial charge in [0.25, 0.3) is 11.8 Å². The highest BCUT2D eigenvalue weighted by molar-refractivity contribution is 6.11. The number of anilines is 2. The molecule has 224 valence electrons. The second kappa shape index (κ2) is 13.4. The van der Waals surface area contributed by atoms with E-state index in [9.17, 15) is 19.2 Å². The first kappa shape index (κ1) is 29.6. The number of likely N-dealkylation sites (tertiary alicyclic amines) is 2. The number of aliphatic imine (C=N–C) groups is 1. The molecule has 0 saturated carbocycles. The Kier molecular flexibility index (Phi) is 9.19. The van der Waals surface area contributed by atoms with E-state index < -0.39 is 5.91 Å². The molecule has 0 radical (unpaired) electrons. The number of rotatable bonds is 6.